The smallest absolute Gasteiger partial charge is 0.305 e. The number of nitrogens with zero attached hydrogens (tertiary/aromatic N) is 1. The molecule has 3 aromatic heterocycles. The number of benzene rings is 4. The molecule has 1 aliphatic rings. The fourth-order valence-electron chi connectivity index (χ4n) is 12.9. The van der Waals surface area contributed by atoms with Crippen molar-refractivity contribution in [3.8, 4) is 0 Å². The van der Waals surface area contributed by atoms with Crippen LogP contribution in [-0.4, -0.2) is 199 Å². The zero-order valence-electron chi connectivity index (χ0n) is 59.5. The number of amides is 13. The highest BCUT2D eigenvalue weighted by molar-refractivity contribution is 6.01. The number of aliphatic hydroxyl groups is 1. The summed E-state index contributed by atoms with van der Waals surface area (Å²) in [7, 11) is 0. The fraction of sp³-hybridized carbons (Fsp3) is 0.405. The number of rotatable bonds is 40. The first-order valence-electron chi connectivity index (χ1n) is 35.3. The Labute approximate surface area is 614 Å². The number of aliphatic hydroxyl groups excluding tert-OH is 1. The van der Waals surface area contributed by atoms with Crippen molar-refractivity contribution in [1.29, 1.82) is 0 Å². The minimum Gasteiger partial charge on any atom is -0.481 e. The summed E-state index contributed by atoms with van der Waals surface area (Å²) < 4.78 is 0. The van der Waals surface area contributed by atoms with Crippen molar-refractivity contribution in [1.82, 2.24) is 73.0 Å². The summed E-state index contributed by atoms with van der Waals surface area (Å²) in [6.45, 7) is 3.15. The van der Waals surface area contributed by atoms with Gasteiger partial charge in [-0.1, -0.05) is 105 Å². The number of H-pyrrole nitrogens is 3. The minimum absolute atomic E-state index is 0.0263. The largest absolute Gasteiger partial charge is 0.481 e. The molecule has 13 amide bonds. The Bertz CT molecular complexity index is 4370. The normalized spacial score (nSPS) is 15.5. The van der Waals surface area contributed by atoms with Crippen LogP contribution in [0.25, 0.3) is 32.7 Å². The van der Waals surface area contributed by atoms with Crippen LogP contribution >= 0.6 is 0 Å². The fourth-order valence-corrected chi connectivity index (χ4v) is 12.9. The highest BCUT2D eigenvalue weighted by Crippen LogP contribution is 2.26. The van der Waals surface area contributed by atoms with Crippen LogP contribution in [-0.2, 0) is 92.8 Å². The third-order valence-electron chi connectivity index (χ3n) is 18.7. The van der Waals surface area contributed by atoms with E-state index in [1.165, 1.54) is 4.90 Å². The number of primary amides is 2. The quantitative estimate of drug-likeness (QED) is 0.0203. The van der Waals surface area contributed by atoms with E-state index in [0.717, 1.165) is 6.92 Å². The summed E-state index contributed by atoms with van der Waals surface area (Å²) in [6.07, 6.45) is 3.96. The number of nitrogens with two attached hydrogens (primary N) is 3. The summed E-state index contributed by atoms with van der Waals surface area (Å²) in [5.74, 6) is -13.7. The number of aromatic nitrogens is 3. The van der Waals surface area contributed by atoms with E-state index in [1.807, 2.05) is 24.3 Å². The molecular weight excluding hydrogens is 1380 g/mol. The molecule has 21 N–H and O–H groups in total. The number of unbranched alkanes of at least 4 members (excludes halogenated alkanes) is 1. The van der Waals surface area contributed by atoms with Crippen molar-refractivity contribution < 1.29 is 77.3 Å². The van der Waals surface area contributed by atoms with Crippen LogP contribution in [0.5, 0.6) is 0 Å². The molecule has 1 saturated heterocycles. The Morgan fingerprint density at radius 3 is 1.47 bits per heavy atom. The highest BCUT2D eigenvalue weighted by Gasteiger charge is 2.41. The number of likely N-dealkylation sites (tertiary alicyclic amines) is 1. The monoisotopic (exact) mass is 1480 g/mol. The Morgan fingerprint density at radius 1 is 0.523 bits per heavy atom. The van der Waals surface area contributed by atoms with Crippen LogP contribution in [0.2, 0.25) is 0 Å². The standard InChI is InChI=1S/C74H93N17O16/c1-4-40(2)64(73(106)88-54(29-42-17-6-5-7-18-42)67(100)84-53(65(77)98)34-63(96)97)90-62(95)38-81-72(105)60-26-16-28-91(60)74(107)58(32-45-37-80-51-24-13-10-21-48(45)51)89-69(102)56(31-44-36-79-50-23-12-9-20-47(44)50)85-66(99)52(25-14-15-27-75)83-68(101)55(30-43-35-78-49-22-11-8-19-46(43)49)86-70(103)57(33-61(76)94)87-71(104)59(39-92)82-41(3)93/h5-13,17-24,35-37,40,52-60,64,78-80,92H,4,14-16,25-34,38-39,75H2,1-3H3,(H2,76,94)(H2,77,98)(H,81,105)(H,82,93)(H,83,101)(H,84,100)(H,85,99)(H,86,103)(H,87,104)(H,88,106)(H,89,102)(H,90,95)(H,96,97)/t40-,52-,53-,54-,55-,56-,57-,58-,59-,60+,64-/m0/s1. The van der Waals surface area contributed by atoms with Crippen molar-refractivity contribution in [2.24, 2.45) is 23.1 Å². The number of aromatic amines is 3. The predicted octanol–water partition coefficient (Wildman–Crippen LogP) is -1.11. The summed E-state index contributed by atoms with van der Waals surface area (Å²) in [5.41, 5.74) is 21.2. The van der Waals surface area contributed by atoms with Gasteiger partial charge in [0.25, 0.3) is 0 Å². The van der Waals surface area contributed by atoms with Crippen LogP contribution in [0, 0.1) is 5.92 Å². The third kappa shape index (κ3) is 22.5. The second-order valence-corrected chi connectivity index (χ2v) is 26.5. The topological polar surface area (TPSA) is 528 Å². The van der Waals surface area contributed by atoms with Gasteiger partial charge in [0, 0.05) is 90.5 Å². The molecule has 1 aliphatic heterocycles. The van der Waals surface area contributed by atoms with Gasteiger partial charge in [0.05, 0.1) is 26.0 Å². The second-order valence-electron chi connectivity index (χ2n) is 26.5. The van der Waals surface area contributed by atoms with Crippen LogP contribution in [0.1, 0.15) is 94.4 Å². The van der Waals surface area contributed by atoms with Gasteiger partial charge in [-0.05, 0) is 85.0 Å². The molecule has 33 heteroatoms. The van der Waals surface area contributed by atoms with E-state index in [0.29, 0.717) is 74.2 Å². The molecule has 0 radical (unpaired) electrons. The summed E-state index contributed by atoms with van der Waals surface area (Å²) in [5, 5.41) is 47.3. The molecule has 4 heterocycles. The molecule has 8 rings (SSSR count). The van der Waals surface area contributed by atoms with Crippen LogP contribution in [0.4, 0.5) is 0 Å². The van der Waals surface area contributed by atoms with Crippen LogP contribution in [0.15, 0.2) is 122 Å². The number of hydrogen-bond donors (Lipinski definition) is 18. The lowest BCUT2D eigenvalue weighted by atomic mass is 9.97. The number of fused-ring (bicyclic) bond motifs is 3. The van der Waals surface area contributed by atoms with E-state index in [2.05, 4.69) is 68.1 Å². The first-order chi connectivity index (χ1) is 51.2. The number of carboxylic acids is 1. The number of hydrogen-bond acceptors (Lipinski definition) is 16. The first kappa shape index (κ1) is 80.7. The predicted molar refractivity (Wildman–Crippen MR) is 392 cm³/mol. The van der Waals surface area contributed by atoms with E-state index >= 15 is 19.2 Å². The first-order valence-corrected chi connectivity index (χ1v) is 35.3. The molecule has 1 fully saturated rings. The number of nitrogens with one attached hydrogen (secondary N) is 13. The molecule has 107 heavy (non-hydrogen) atoms. The zero-order valence-corrected chi connectivity index (χ0v) is 59.5. The number of carbonyl (C=O) groups excluding carboxylic acids is 13. The lowest BCUT2D eigenvalue weighted by molar-refractivity contribution is -0.142. The zero-order chi connectivity index (χ0) is 77.4. The molecule has 0 spiro atoms. The summed E-state index contributed by atoms with van der Waals surface area (Å²) >= 11 is 0. The highest BCUT2D eigenvalue weighted by atomic mass is 16.4. The molecule has 7 aromatic rings. The number of carbonyl (C=O) groups is 14. The molecule has 4 aromatic carbocycles. The molecule has 0 aliphatic carbocycles. The Hall–Kier alpha value is -12.0. The molecular formula is C74H93N17O16. The lowest BCUT2D eigenvalue weighted by Gasteiger charge is -2.30. The maximum absolute atomic E-state index is 15.5. The summed E-state index contributed by atoms with van der Waals surface area (Å²) in [6, 6.07) is 15.2. The van der Waals surface area contributed by atoms with Crippen molar-refractivity contribution in [3.63, 3.8) is 0 Å². The van der Waals surface area contributed by atoms with Gasteiger partial charge in [0.2, 0.25) is 76.8 Å². The van der Waals surface area contributed by atoms with Crippen LogP contribution < -0.4 is 70.4 Å². The molecule has 0 unspecified atom stereocenters. The van der Waals surface area contributed by atoms with E-state index in [1.54, 1.807) is 111 Å². The minimum atomic E-state index is -1.75. The van der Waals surface area contributed by atoms with Crippen molar-refractivity contribution in [3.05, 3.63) is 144 Å². The maximum Gasteiger partial charge on any atom is 0.305 e. The maximum atomic E-state index is 15.5. The Balaban J connectivity index is 1.04. The molecule has 0 bridgehead atoms. The number of para-hydroxylation sites is 3. The van der Waals surface area contributed by atoms with Gasteiger partial charge in [-0.3, -0.25) is 67.1 Å². The Kier molecular flexibility index (Phi) is 29.2. The van der Waals surface area contributed by atoms with Gasteiger partial charge < -0.3 is 100 Å². The van der Waals surface area contributed by atoms with E-state index in [9.17, 15) is 58.2 Å². The van der Waals surface area contributed by atoms with Gasteiger partial charge in [-0.15, -0.1) is 0 Å². The van der Waals surface area contributed by atoms with E-state index in [4.69, 9.17) is 17.2 Å². The average molecular weight is 1480 g/mol. The third-order valence-corrected chi connectivity index (χ3v) is 18.7. The van der Waals surface area contributed by atoms with Crippen LogP contribution in [0.3, 0.4) is 0 Å². The van der Waals surface area contributed by atoms with E-state index in [-0.39, 0.29) is 58.0 Å². The molecule has 33 nitrogen and oxygen atoms in total. The number of carboxylic acid groups (broad SMARTS) is 1. The summed E-state index contributed by atoms with van der Waals surface area (Å²) in [4.78, 5) is 204. The number of aliphatic carboxylic acids is 1. The molecule has 0 saturated carbocycles. The van der Waals surface area contributed by atoms with Gasteiger partial charge in [0.1, 0.15) is 60.4 Å². The molecule has 570 valence electrons. The van der Waals surface area contributed by atoms with Gasteiger partial charge in [-0.25, -0.2) is 0 Å². The van der Waals surface area contributed by atoms with Crippen molar-refractivity contribution in [2.75, 3.05) is 26.2 Å². The average Bonchev–Trinajstić information content (AvgIpc) is 1.73. The van der Waals surface area contributed by atoms with Gasteiger partial charge in [-0.2, -0.15) is 0 Å². The lowest BCUT2D eigenvalue weighted by Crippen LogP contribution is -2.61. The SMILES string of the molecule is CC[C@H](C)[C@H](NC(=O)CNC(=O)[C@H]1CCCN1C(=O)[C@H](Cc1c[nH]c2ccccc12)NC(=O)[C@H](Cc1c[nH]c2ccccc12)NC(=O)[C@H](CCCCN)NC(=O)[C@H](Cc1c[nH]c2ccccc12)NC(=O)[C@H](CC(N)=O)NC(=O)[C@H](CO)NC(C)=O)C(=O)N[C@@H](Cc1ccccc1)C(=O)N[C@@H](CC(=O)O)C(N)=O. The van der Waals surface area contributed by atoms with E-state index < -0.39 is 175 Å². The van der Waals surface area contributed by atoms with Gasteiger partial charge in [0.15, 0.2) is 0 Å². The molecule has 11 atom stereocenters. The van der Waals surface area contributed by atoms with Crippen molar-refractivity contribution >= 4 is 115 Å². The second kappa shape index (κ2) is 38.7. The van der Waals surface area contributed by atoms with Gasteiger partial charge >= 0.3 is 5.97 Å². The van der Waals surface area contributed by atoms with Crippen molar-refractivity contribution in [2.45, 2.75) is 158 Å². The Morgan fingerprint density at radius 2 is 0.972 bits per heavy atom.